The van der Waals surface area contributed by atoms with Crippen LogP contribution in [0.3, 0.4) is 0 Å². The van der Waals surface area contributed by atoms with Crippen LogP contribution in [0.1, 0.15) is 27.2 Å². The molecule has 1 atom stereocenters. The maximum atomic E-state index is 11.3. The van der Waals surface area contributed by atoms with E-state index in [0.717, 1.165) is 13.1 Å². The molecule has 4 nitrogen and oxygen atoms in total. The zero-order valence-corrected chi connectivity index (χ0v) is 8.71. The van der Waals surface area contributed by atoms with Crippen LogP contribution in [-0.4, -0.2) is 41.8 Å². The predicted molar refractivity (Wildman–Crippen MR) is 52.6 cm³/mol. The van der Waals surface area contributed by atoms with E-state index in [9.17, 15) is 4.79 Å². The molecule has 0 radical (unpaired) electrons. The Morgan fingerprint density at radius 1 is 1.46 bits per heavy atom. The van der Waals surface area contributed by atoms with E-state index in [2.05, 4.69) is 5.32 Å². The molecule has 0 spiro atoms. The number of carbonyl (C=O) groups excluding carboxylic acids is 1. The van der Waals surface area contributed by atoms with Crippen molar-refractivity contribution in [2.24, 2.45) is 0 Å². The SMILES string of the molecule is CCN(CC)C(=O)NCCC(C)O. The second kappa shape index (κ2) is 6.71. The summed E-state index contributed by atoms with van der Waals surface area (Å²) in [6, 6.07) is -0.0503. The number of nitrogens with one attached hydrogen (secondary N) is 1. The van der Waals surface area contributed by atoms with Crippen LogP contribution in [0.2, 0.25) is 0 Å². The van der Waals surface area contributed by atoms with Crippen molar-refractivity contribution in [1.29, 1.82) is 0 Å². The van der Waals surface area contributed by atoms with Gasteiger partial charge in [-0.2, -0.15) is 0 Å². The van der Waals surface area contributed by atoms with E-state index in [1.54, 1.807) is 11.8 Å². The zero-order valence-electron chi connectivity index (χ0n) is 8.71. The standard InChI is InChI=1S/C9H20N2O2/c1-4-11(5-2)9(13)10-7-6-8(3)12/h8,12H,4-7H2,1-3H3,(H,10,13). The summed E-state index contributed by atoms with van der Waals surface area (Å²) in [7, 11) is 0. The highest BCUT2D eigenvalue weighted by Crippen LogP contribution is 1.90. The number of nitrogens with zero attached hydrogens (tertiary/aromatic N) is 1. The van der Waals surface area contributed by atoms with E-state index in [-0.39, 0.29) is 12.1 Å². The molecule has 4 heteroatoms. The Morgan fingerprint density at radius 3 is 2.38 bits per heavy atom. The lowest BCUT2D eigenvalue weighted by atomic mass is 10.3. The average molecular weight is 188 g/mol. The molecule has 0 aliphatic rings. The summed E-state index contributed by atoms with van der Waals surface area (Å²) in [6.07, 6.45) is 0.254. The topological polar surface area (TPSA) is 52.6 Å². The zero-order chi connectivity index (χ0) is 10.3. The molecule has 0 saturated heterocycles. The van der Waals surface area contributed by atoms with Gasteiger partial charge < -0.3 is 15.3 Å². The Labute approximate surface area is 79.9 Å². The van der Waals surface area contributed by atoms with Crippen molar-refractivity contribution in [2.45, 2.75) is 33.3 Å². The van der Waals surface area contributed by atoms with Gasteiger partial charge in [-0.25, -0.2) is 4.79 Å². The molecule has 0 aromatic carbocycles. The molecule has 2 N–H and O–H groups in total. The van der Waals surface area contributed by atoms with E-state index in [0.29, 0.717) is 13.0 Å². The van der Waals surface area contributed by atoms with E-state index < -0.39 is 0 Å². The molecule has 0 fully saturated rings. The Hall–Kier alpha value is -0.770. The number of aliphatic hydroxyl groups excluding tert-OH is 1. The lowest BCUT2D eigenvalue weighted by Crippen LogP contribution is -2.40. The van der Waals surface area contributed by atoms with Crippen LogP contribution in [0.5, 0.6) is 0 Å². The smallest absolute Gasteiger partial charge is 0.317 e. The van der Waals surface area contributed by atoms with Crippen LogP contribution < -0.4 is 5.32 Å². The summed E-state index contributed by atoms with van der Waals surface area (Å²) in [4.78, 5) is 13.0. The van der Waals surface area contributed by atoms with Crippen molar-refractivity contribution in [3.8, 4) is 0 Å². The number of carbonyl (C=O) groups is 1. The maximum absolute atomic E-state index is 11.3. The molecule has 0 aliphatic heterocycles. The Balaban J connectivity index is 3.60. The number of hydrogen-bond donors (Lipinski definition) is 2. The highest BCUT2D eigenvalue weighted by atomic mass is 16.3. The van der Waals surface area contributed by atoms with Gasteiger partial charge in [0.05, 0.1) is 6.10 Å². The summed E-state index contributed by atoms with van der Waals surface area (Å²) in [6.45, 7) is 7.57. The van der Waals surface area contributed by atoms with Gasteiger partial charge in [-0.15, -0.1) is 0 Å². The largest absolute Gasteiger partial charge is 0.393 e. The maximum Gasteiger partial charge on any atom is 0.317 e. The molecule has 0 aromatic heterocycles. The first kappa shape index (κ1) is 12.2. The van der Waals surface area contributed by atoms with Gasteiger partial charge in [0.2, 0.25) is 0 Å². The minimum absolute atomic E-state index is 0.0503. The molecule has 78 valence electrons. The molecule has 1 unspecified atom stereocenters. The summed E-state index contributed by atoms with van der Waals surface area (Å²) in [5.74, 6) is 0. The molecule has 0 aromatic rings. The van der Waals surface area contributed by atoms with Gasteiger partial charge in [-0.05, 0) is 27.2 Å². The Kier molecular flexibility index (Phi) is 6.32. The molecule has 0 rings (SSSR count). The number of urea groups is 1. The molecular weight excluding hydrogens is 168 g/mol. The lowest BCUT2D eigenvalue weighted by Gasteiger charge is -2.19. The third kappa shape index (κ3) is 5.47. The molecule has 0 bridgehead atoms. The van der Waals surface area contributed by atoms with Crippen LogP contribution in [0, 0.1) is 0 Å². The fourth-order valence-electron chi connectivity index (χ4n) is 1.01. The highest BCUT2D eigenvalue weighted by Gasteiger charge is 2.07. The summed E-state index contributed by atoms with van der Waals surface area (Å²) in [5, 5.41) is 11.7. The van der Waals surface area contributed by atoms with Crippen molar-refractivity contribution in [3.05, 3.63) is 0 Å². The summed E-state index contributed by atoms with van der Waals surface area (Å²) < 4.78 is 0. The second-order valence-corrected chi connectivity index (χ2v) is 3.04. The van der Waals surface area contributed by atoms with Gasteiger partial charge in [-0.1, -0.05) is 0 Å². The van der Waals surface area contributed by atoms with E-state index >= 15 is 0 Å². The number of rotatable bonds is 5. The van der Waals surface area contributed by atoms with Crippen molar-refractivity contribution >= 4 is 6.03 Å². The van der Waals surface area contributed by atoms with E-state index in [1.165, 1.54) is 0 Å². The third-order valence-electron chi connectivity index (χ3n) is 1.89. The van der Waals surface area contributed by atoms with Crippen molar-refractivity contribution in [1.82, 2.24) is 10.2 Å². The van der Waals surface area contributed by atoms with E-state index in [4.69, 9.17) is 5.11 Å². The van der Waals surface area contributed by atoms with Gasteiger partial charge >= 0.3 is 6.03 Å². The molecule has 0 aliphatic carbocycles. The molecule has 2 amide bonds. The van der Waals surface area contributed by atoms with Crippen molar-refractivity contribution < 1.29 is 9.90 Å². The first-order chi connectivity index (χ1) is 6.11. The fourth-order valence-corrected chi connectivity index (χ4v) is 1.01. The normalized spacial score (nSPS) is 12.3. The number of aliphatic hydroxyl groups is 1. The third-order valence-corrected chi connectivity index (χ3v) is 1.89. The van der Waals surface area contributed by atoms with Gasteiger partial charge in [-0.3, -0.25) is 0 Å². The first-order valence-corrected chi connectivity index (χ1v) is 4.82. The van der Waals surface area contributed by atoms with Crippen molar-refractivity contribution in [2.75, 3.05) is 19.6 Å². The predicted octanol–water partition coefficient (Wildman–Crippen LogP) is 0.809. The van der Waals surface area contributed by atoms with Crippen LogP contribution in [-0.2, 0) is 0 Å². The van der Waals surface area contributed by atoms with Crippen LogP contribution >= 0.6 is 0 Å². The van der Waals surface area contributed by atoms with Crippen LogP contribution in [0.4, 0.5) is 4.79 Å². The van der Waals surface area contributed by atoms with Gasteiger partial charge in [0.25, 0.3) is 0 Å². The quantitative estimate of drug-likeness (QED) is 0.670. The second-order valence-electron chi connectivity index (χ2n) is 3.04. The van der Waals surface area contributed by atoms with Crippen molar-refractivity contribution in [3.63, 3.8) is 0 Å². The van der Waals surface area contributed by atoms with Gasteiger partial charge in [0.1, 0.15) is 0 Å². The Morgan fingerprint density at radius 2 is 2.00 bits per heavy atom. The molecule has 0 heterocycles. The summed E-state index contributed by atoms with van der Waals surface area (Å²) in [5.41, 5.74) is 0. The number of hydrogen-bond acceptors (Lipinski definition) is 2. The molecule has 0 saturated carbocycles. The van der Waals surface area contributed by atoms with E-state index in [1.807, 2.05) is 13.8 Å². The highest BCUT2D eigenvalue weighted by molar-refractivity contribution is 5.73. The minimum Gasteiger partial charge on any atom is -0.393 e. The lowest BCUT2D eigenvalue weighted by molar-refractivity contribution is 0.178. The molecule has 13 heavy (non-hydrogen) atoms. The minimum atomic E-state index is -0.350. The van der Waals surface area contributed by atoms with Crippen LogP contribution in [0.15, 0.2) is 0 Å². The van der Waals surface area contributed by atoms with Gasteiger partial charge in [0, 0.05) is 19.6 Å². The summed E-state index contributed by atoms with van der Waals surface area (Å²) >= 11 is 0. The van der Waals surface area contributed by atoms with Gasteiger partial charge in [0.15, 0.2) is 0 Å². The first-order valence-electron chi connectivity index (χ1n) is 4.82. The fraction of sp³-hybridized carbons (Fsp3) is 0.889. The monoisotopic (exact) mass is 188 g/mol. The Bertz CT molecular complexity index is 145. The average Bonchev–Trinajstić information content (AvgIpc) is 2.05. The van der Waals surface area contributed by atoms with Crippen LogP contribution in [0.25, 0.3) is 0 Å². The molecular formula is C9H20N2O2. The number of amides is 2.